The summed E-state index contributed by atoms with van der Waals surface area (Å²) in [4.78, 5) is 16.8. The smallest absolute Gasteiger partial charge is 0.257 e. The number of piperazine rings is 1. The Bertz CT molecular complexity index is 935. The molecule has 8 nitrogen and oxygen atoms in total. The van der Waals surface area contributed by atoms with Crippen molar-refractivity contribution in [3.8, 4) is 11.5 Å². The molecule has 2 aromatic carbocycles. The number of carbonyl (C=O) groups excluding carboxylic acids is 1. The third-order valence-electron chi connectivity index (χ3n) is 4.92. The Morgan fingerprint density at radius 2 is 1.80 bits per heavy atom. The van der Waals surface area contributed by atoms with E-state index in [1.807, 2.05) is 6.07 Å². The lowest BCUT2D eigenvalue weighted by Crippen LogP contribution is -2.48. The van der Waals surface area contributed by atoms with Crippen molar-refractivity contribution in [1.82, 2.24) is 9.80 Å². The lowest BCUT2D eigenvalue weighted by molar-refractivity contribution is 0.0625. The molecule has 0 saturated carbocycles. The van der Waals surface area contributed by atoms with Gasteiger partial charge < -0.3 is 23.6 Å². The maximum atomic E-state index is 13.9. The normalized spacial score (nSPS) is 15.5. The van der Waals surface area contributed by atoms with Gasteiger partial charge in [0.1, 0.15) is 5.75 Å². The highest BCUT2D eigenvalue weighted by atomic mass is 32.2. The van der Waals surface area contributed by atoms with E-state index < -0.39 is 17.1 Å². The molecule has 0 bridgehead atoms. The van der Waals surface area contributed by atoms with Crippen LogP contribution in [-0.2, 0) is 17.8 Å². The molecule has 0 aliphatic carbocycles. The summed E-state index contributed by atoms with van der Waals surface area (Å²) in [6.07, 6.45) is 0. The maximum Gasteiger partial charge on any atom is 0.257 e. The molecule has 162 valence electrons. The summed E-state index contributed by atoms with van der Waals surface area (Å²) in [7, 11) is 2.86. The fraction of sp³-hybridized carbons (Fsp3) is 0.350. The third kappa shape index (κ3) is 5.26. The highest BCUT2D eigenvalue weighted by Gasteiger charge is 2.24. The first-order valence-electron chi connectivity index (χ1n) is 9.29. The van der Waals surface area contributed by atoms with Crippen LogP contribution in [0.15, 0.2) is 36.4 Å². The van der Waals surface area contributed by atoms with E-state index in [9.17, 15) is 17.9 Å². The van der Waals surface area contributed by atoms with Crippen molar-refractivity contribution in [1.29, 1.82) is 0 Å². The predicted molar refractivity (Wildman–Crippen MR) is 110 cm³/mol. The minimum atomic E-state index is -2.46. The molecule has 0 spiro atoms. The van der Waals surface area contributed by atoms with Crippen LogP contribution in [0.5, 0.6) is 11.5 Å². The largest absolute Gasteiger partial charge is 0.755 e. The van der Waals surface area contributed by atoms with Crippen LogP contribution in [0.3, 0.4) is 0 Å². The van der Waals surface area contributed by atoms with Crippen LogP contribution in [0.4, 0.5) is 10.1 Å². The summed E-state index contributed by atoms with van der Waals surface area (Å²) in [6, 6.07) is 9.43. The molecule has 1 saturated heterocycles. The van der Waals surface area contributed by atoms with Crippen LogP contribution in [0.2, 0.25) is 0 Å². The summed E-state index contributed by atoms with van der Waals surface area (Å²) in [5.41, 5.74) is 1.52. The molecule has 1 unspecified atom stereocenters. The van der Waals surface area contributed by atoms with Crippen molar-refractivity contribution >= 4 is 22.9 Å². The molecule has 1 aliphatic heterocycles. The second-order valence-corrected chi connectivity index (χ2v) is 7.46. The molecule has 1 heterocycles. The lowest BCUT2D eigenvalue weighted by Gasteiger charge is -2.35. The van der Waals surface area contributed by atoms with E-state index in [1.54, 1.807) is 17.0 Å². The highest BCUT2D eigenvalue weighted by molar-refractivity contribution is 7.80. The van der Waals surface area contributed by atoms with Crippen molar-refractivity contribution < 1.29 is 27.4 Å². The minimum absolute atomic E-state index is 0.184. The van der Waals surface area contributed by atoms with Crippen molar-refractivity contribution in [2.75, 3.05) is 45.1 Å². The van der Waals surface area contributed by atoms with Gasteiger partial charge in [0.25, 0.3) is 5.91 Å². The number of rotatable bonds is 7. The standard InChI is InChI=1S/C20H24FN3O5S/c1-28-18-6-3-14(11-17(18)21)13-23-7-9-24(10-8-23)20(25)16-5-4-15(22-30(26)27)12-19(16)29-2/h3-6,11-12,22H,7-10,13H2,1-2H3,(H,26,27)/p-1. The fourth-order valence-electron chi connectivity index (χ4n) is 3.37. The zero-order valence-electron chi connectivity index (χ0n) is 16.7. The van der Waals surface area contributed by atoms with Gasteiger partial charge in [-0.15, -0.1) is 0 Å². The molecular weight excluding hydrogens is 413 g/mol. The number of ether oxygens (including phenoxy) is 2. The molecule has 1 aliphatic rings. The minimum Gasteiger partial charge on any atom is -0.755 e. The van der Waals surface area contributed by atoms with E-state index in [0.29, 0.717) is 49.7 Å². The quantitative estimate of drug-likeness (QED) is 0.668. The zero-order chi connectivity index (χ0) is 21.7. The Morgan fingerprint density at radius 3 is 2.40 bits per heavy atom. The summed E-state index contributed by atoms with van der Waals surface area (Å²) >= 11 is -2.46. The Morgan fingerprint density at radius 1 is 1.10 bits per heavy atom. The number of hydrogen-bond acceptors (Lipinski definition) is 6. The van der Waals surface area contributed by atoms with Crippen molar-refractivity contribution in [2.24, 2.45) is 0 Å². The van der Waals surface area contributed by atoms with Gasteiger partial charge in [0.2, 0.25) is 0 Å². The van der Waals surface area contributed by atoms with Crippen molar-refractivity contribution in [3.05, 3.63) is 53.3 Å². The molecule has 3 rings (SSSR count). The lowest BCUT2D eigenvalue weighted by atomic mass is 10.1. The van der Waals surface area contributed by atoms with Gasteiger partial charge in [-0.05, 0) is 29.8 Å². The SMILES string of the molecule is COc1ccc(CN2CCN(C(=O)c3ccc(NS(=O)[O-])cc3OC)CC2)cc1F. The average molecular weight is 436 g/mol. The van der Waals surface area contributed by atoms with Gasteiger partial charge in [-0.1, -0.05) is 6.07 Å². The van der Waals surface area contributed by atoms with Gasteiger partial charge in [0.05, 0.1) is 19.8 Å². The average Bonchev–Trinajstić information content (AvgIpc) is 2.73. The second kappa shape index (κ2) is 9.88. The highest BCUT2D eigenvalue weighted by Crippen LogP contribution is 2.25. The third-order valence-corrected chi connectivity index (χ3v) is 5.32. The molecule has 0 aromatic heterocycles. The van der Waals surface area contributed by atoms with E-state index >= 15 is 0 Å². The van der Waals surface area contributed by atoms with Gasteiger partial charge in [-0.25, -0.2) is 4.39 Å². The van der Waals surface area contributed by atoms with Gasteiger partial charge in [-0.2, -0.15) is 0 Å². The molecule has 1 amide bonds. The Kier molecular flexibility index (Phi) is 7.24. The Balaban J connectivity index is 1.61. The van der Waals surface area contributed by atoms with Gasteiger partial charge in [0, 0.05) is 55.7 Å². The molecule has 1 atom stereocenters. The number of halogens is 1. The number of nitrogens with zero attached hydrogens (tertiary/aromatic N) is 2. The second-order valence-electron chi connectivity index (χ2n) is 6.79. The number of anilines is 1. The Labute approximate surface area is 177 Å². The number of methoxy groups -OCH3 is 2. The van der Waals surface area contributed by atoms with Crippen LogP contribution in [0.25, 0.3) is 0 Å². The molecular formula is C20H23FN3O5S-. The van der Waals surface area contributed by atoms with E-state index in [0.717, 1.165) is 5.56 Å². The fourth-order valence-corrected chi connectivity index (χ4v) is 3.69. The number of amides is 1. The van der Waals surface area contributed by atoms with Gasteiger partial charge in [-0.3, -0.25) is 13.9 Å². The first-order chi connectivity index (χ1) is 14.4. The molecule has 0 radical (unpaired) electrons. The number of nitrogens with one attached hydrogen (secondary N) is 1. The Hall–Kier alpha value is -2.69. The van der Waals surface area contributed by atoms with Gasteiger partial charge >= 0.3 is 0 Å². The van der Waals surface area contributed by atoms with Crippen LogP contribution in [0.1, 0.15) is 15.9 Å². The molecule has 10 heteroatoms. The van der Waals surface area contributed by atoms with Gasteiger partial charge in [0.15, 0.2) is 11.6 Å². The number of carbonyl (C=O) groups is 1. The number of benzene rings is 2. The van der Waals surface area contributed by atoms with Crippen LogP contribution in [0, 0.1) is 5.82 Å². The number of hydrogen-bond donors (Lipinski definition) is 1. The molecule has 2 aromatic rings. The van der Waals surface area contributed by atoms with E-state index in [4.69, 9.17) is 9.47 Å². The molecule has 1 N–H and O–H groups in total. The van der Waals surface area contributed by atoms with Crippen LogP contribution >= 0.6 is 0 Å². The topological polar surface area (TPSA) is 94.2 Å². The summed E-state index contributed by atoms with van der Waals surface area (Å²) in [5, 5.41) is 0. The monoisotopic (exact) mass is 436 g/mol. The van der Waals surface area contributed by atoms with Crippen LogP contribution < -0.4 is 14.2 Å². The molecule has 1 fully saturated rings. The first-order valence-corrected chi connectivity index (χ1v) is 10.4. The summed E-state index contributed by atoms with van der Waals surface area (Å²) in [6.45, 7) is 2.92. The molecule has 30 heavy (non-hydrogen) atoms. The van der Waals surface area contributed by atoms with Crippen molar-refractivity contribution in [2.45, 2.75) is 6.54 Å². The van der Waals surface area contributed by atoms with E-state index in [2.05, 4.69) is 9.62 Å². The van der Waals surface area contributed by atoms with Crippen molar-refractivity contribution in [3.63, 3.8) is 0 Å². The zero-order valence-corrected chi connectivity index (χ0v) is 17.5. The maximum absolute atomic E-state index is 13.9. The van der Waals surface area contributed by atoms with Crippen LogP contribution in [-0.4, -0.2) is 64.9 Å². The van der Waals surface area contributed by atoms with E-state index in [-0.39, 0.29) is 11.7 Å². The summed E-state index contributed by atoms with van der Waals surface area (Å²) in [5.74, 6) is -0.0659. The summed E-state index contributed by atoms with van der Waals surface area (Å²) < 4.78 is 47.9. The predicted octanol–water partition coefficient (Wildman–Crippen LogP) is 2.01. The first kappa shape index (κ1) is 22.0. The van der Waals surface area contributed by atoms with E-state index in [1.165, 1.54) is 32.4 Å².